The van der Waals surface area contributed by atoms with Gasteiger partial charge in [-0.1, -0.05) is 11.6 Å². The van der Waals surface area contributed by atoms with Crippen LogP contribution in [0.3, 0.4) is 0 Å². The Bertz CT molecular complexity index is 369. The van der Waals surface area contributed by atoms with Crippen LogP contribution >= 0.6 is 11.6 Å². The van der Waals surface area contributed by atoms with Gasteiger partial charge in [0, 0.05) is 0 Å². The number of anilines is 1. The zero-order chi connectivity index (χ0) is 10.7. The minimum absolute atomic E-state index is 0.00301. The molecule has 0 radical (unpaired) electrons. The second-order valence-corrected chi connectivity index (χ2v) is 2.79. The minimum atomic E-state index is -1.04. The molecule has 0 atom stereocenters. The Balaban J connectivity index is 3.18. The van der Waals surface area contributed by atoms with E-state index in [0.717, 1.165) is 0 Å². The van der Waals surface area contributed by atoms with E-state index in [4.69, 9.17) is 27.2 Å². The van der Waals surface area contributed by atoms with Gasteiger partial charge >= 0.3 is 5.97 Å². The molecule has 0 aliphatic carbocycles. The summed E-state index contributed by atoms with van der Waals surface area (Å²) in [7, 11) is 1.35. The molecule has 0 amide bonds. The number of carboxylic acid groups (broad SMARTS) is 1. The van der Waals surface area contributed by atoms with Crippen molar-refractivity contribution in [2.45, 2.75) is 6.42 Å². The number of rotatable bonds is 3. The van der Waals surface area contributed by atoms with Crippen LogP contribution < -0.4 is 10.5 Å². The average Bonchev–Trinajstić information content (AvgIpc) is 2.08. The maximum Gasteiger partial charge on any atom is 0.308 e. The highest BCUT2D eigenvalue weighted by molar-refractivity contribution is 6.30. The lowest BCUT2D eigenvalue weighted by molar-refractivity contribution is -0.136. The van der Waals surface area contributed by atoms with Crippen molar-refractivity contribution in [3.63, 3.8) is 0 Å². The molecule has 1 aromatic heterocycles. The summed E-state index contributed by atoms with van der Waals surface area (Å²) in [6.45, 7) is 0. The first-order valence-electron chi connectivity index (χ1n) is 3.62. The SMILES string of the molecule is COc1nc(N)nc(Cl)c1CC(=O)O. The minimum Gasteiger partial charge on any atom is -0.481 e. The number of halogens is 1. The Kier molecular flexibility index (Phi) is 3.08. The number of hydrogen-bond acceptors (Lipinski definition) is 5. The van der Waals surface area contributed by atoms with Crippen molar-refractivity contribution < 1.29 is 14.6 Å². The largest absolute Gasteiger partial charge is 0.481 e. The fourth-order valence-electron chi connectivity index (χ4n) is 0.921. The van der Waals surface area contributed by atoms with Gasteiger partial charge in [-0.25, -0.2) is 4.98 Å². The molecule has 0 unspecified atom stereocenters. The molecule has 0 aliphatic rings. The smallest absolute Gasteiger partial charge is 0.308 e. The van der Waals surface area contributed by atoms with Gasteiger partial charge in [-0.3, -0.25) is 4.79 Å². The molecular formula is C7H8ClN3O3. The van der Waals surface area contributed by atoms with Crippen LogP contribution in [0.5, 0.6) is 5.88 Å². The molecule has 0 saturated carbocycles. The Morgan fingerprint density at radius 3 is 2.79 bits per heavy atom. The Morgan fingerprint density at radius 2 is 2.29 bits per heavy atom. The lowest BCUT2D eigenvalue weighted by Gasteiger charge is -2.06. The first kappa shape index (κ1) is 10.5. The van der Waals surface area contributed by atoms with Crippen molar-refractivity contribution in [1.29, 1.82) is 0 Å². The molecule has 6 nitrogen and oxygen atoms in total. The van der Waals surface area contributed by atoms with Gasteiger partial charge in [-0.05, 0) is 0 Å². The quantitative estimate of drug-likeness (QED) is 0.709. The van der Waals surface area contributed by atoms with Crippen LogP contribution in [0.4, 0.5) is 5.95 Å². The van der Waals surface area contributed by atoms with E-state index in [0.29, 0.717) is 0 Å². The van der Waals surface area contributed by atoms with Gasteiger partial charge in [0.1, 0.15) is 5.15 Å². The van der Waals surface area contributed by atoms with E-state index in [1.165, 1.54) is 7.11 Å². The summed E-state index contributed by atoms with van der Waals surface area (Å²) in [4.78, 5) is 17.8. The zero-order valence-corrected chi connectivity index (χ0v) is 8.08. The van der Waals surface area contributed by atoms with Gasteiger partial charge in [0.15, 0.2) is 0 Å². The molecule has 0 aliphatic heterocycles. The summed E-state index contributed by atoms with van der Waals surface area (Å²) in [5, 5.41) is 8.58. The molecule has 1 rings (SSSR count). The number of ether oxygens (including phenoxy) is 1. The van der Waals surface area contributed by atoms with E-state index < -0.39 is 5.97 Å². The standard InChI is InChI=1S/C7H8ClN3O3/c1-14-6-3(2-4(12)13)5(8)10-7(9)11-6/h2H2,1H3,(H,12,13)(H2,9,10,11). The molecule has 0 spiro atoms. The molecule has 0 bridgehead atoms. The number of carbonyl (C=O) groups is 1. The third kappa shape index (κ3) is 2.23. The molecule has 3 N–H and O–H groups in total. The van der Waals surface area contributed by atoms with Crippen LogP contribution in [-0.2, 0) is 11.2 Å². The number of nitrogens with zero attached hydrogens (tertiary/aromatic N) is 2. The second-order valence-electron chi connectivity index (χ2n) is 2.43. The first-order valence-corrected chi connectivity index (χ1v) is 4.00. The average molecular weight is 218 g/mol. The van der Waals surface area contributed by atoms with Crippen LogP contribution in [-0.4, -0.2) is 28.2 Å². The predicted octanol–water partition coefficient (Wildman–Crippen LogP) is 0.348. The maximum atomic E-state index is 10.5. The number of nitrogens with two attached hydrogens (primary N) is 1. The zero-order valence-electron chi connectivity index (χ0n) is 7.32. The number of carboxylic acids is 1. The second kappa shape index (κ2) is 4.10. The fraction of sp³-hybridized carbons (Fsp3) is 0.286. The van der Waals surface area contributed by atoms with E-state index in [2.05, 4.69) is 9.97 Å². The van der Waals surface area contributed by atoms with Crippen molar-refractivity contribution in [3.8, 4) is 5.88 Å². The van der Waals surface area contributed by atoms with Crippen molar-refractivity contribution >= 4 is 23.5 Å². The number of nitrogen functional groups attached to an aromatic ring is 1. The predicted molar refractivity (Wildman–Crippen MR) is 49.3 cm³/mol. The van der Waals surface area contributed by atoms with Crippen LogP contribution in [0.25, 0.3) is 0 Å². The third-order valence-corrected chi connectivity index (χ3v) is 1.77. The number of hydrogen-bond donors (Lipinski definition) is 2. The third-order valence-electron chi connectivity index (χ3n) is 1.46. The molecule has 1 aromatic rings. The van der Waals surface area contributed by atoms with Gasteiger partial charge < -0.3 is 15.6 Å². The number of methoxy groups -OCH3 is 1. The van der Waals surface area contributed by atoms with Crippen molar-refractivity contribution in [2.75, 3.05) is 12.8 Å². The van der Waals surface area contributed by atoms with Gasteiger partial charge in [0.2, 0.25) is 11.8 Å². The molecule has 0 aromatic carbocycles. The Labute approximate surface area is 84.7 Å². The lowest BCUT2D eigenvalue weighted by atomic mass is 10.2. The van der Waals surface area contributed by atoms with Crippen LogP contribution in [0.1, 0.15) is 5.56 Å². The summed E-state index contributed by atoms with van der Waals surface area (Å²) in [5.41, 5.74) is 5.52. The van der Waals surface area contributed by atoms with E-state index in [1.807, 2.05) is 0 Å². The Hall–Kier alpha value is -1.56. The number of aliphatic carboxylic acids is 1. The van der Waals surface area contributed by atoms with Crippen LogP contribution in [0.2, 0.25) is 5.15 Å². The molecule has 1 heterocycles. The highest BCUT2D eigenvalue weighted by atomic mass is 35.5. The highest BCUT2D eigenvalue weighted by Crippen LogP contribution is 2.24. The molecule has 0 fully saturated rings. The van der Waals surface area contributed by atoms with Gasteiger partial charge in [0.05, 0.1) is 19.1 Å². The van der Waals surface area contributed by atoms with Gasteiger partial charge in [-0.2, -0.15) is 4.98 Å². The monoisotopic (exact) mass is 217 g/mol. The lowest BCUT2D eigenvalue weighted by Crippen LogP contribution is -2.07. The van der Waals surface area contributed by atoms with E-state index >= 15 is 0 Å². The first-order chi connectivity index (χ1) is 6.54. The maximum absolute atomic E-state index is 10.5. The van der Waals surface area contributed by atoms with Gasteiger partial charge in [-0.15, -0.1) is 0 Å². The van der Waals surface area contributed by atoms with Crippen molar-refractivity contribution in [3.05, 3.63) is 10.7 Å². The van der Waals surface area contributed by atoms with Crippen molar-refractivity contribution in [1.82, 2.24) is 9.97 Å². The molecular weight excluding hydrogens is 210 g/mol. The van der Waals surface area contributed by atoms with E-state index in [-0.39, 0.29) is 29.0 Å². The van der Waals surface area contributed by atoms with Crippen molar-refractivity contribution in [2.24, 2.45) is 0 Å². The Morgan fingerprint density at radius 1 is 1.64 bits per heavy atom. The normalized spacial score (nSPS) is 9.86. The van der Waals surface area contributed by atoms with Crippen LogP contribution in [0, 0.1) is 0 Å². The number of aromatic nitrogens is 2. The van der Waals surface area contributed by atoms with E-state index in [1.54, 1.807) is 0 Å². The van der Waals surface area contributed by atoms with Crippen LogP contribution in [0.15, 0.2) is 0 Å². The van der Waals surface area contributed by atoms with E-state index in [9.17, 15) is 4.79 Å². The van der Waals surface area contributed by atoms with Gasteiger partial charge in [0.25, 0.3) is 0 Å². The summed E-state index contributed by atoms with van der Waals surface area (Å²) in [5.74, 6) is -1.01. The topological polar surface area (TPSA) is 98.3 Å². The molecule has 14 heavy (non-hydrogen) atoms. The summed E-state index contributed by atoms with van der Waals surface area (Å²) in [6, 6.07) is 0. The summed E-state index contributed by atoms with van der Waals surface area (Å²) >= 11 is 5.68. The molecule has 0 saturated heterocycles. The summed E-state index contributed by atoms with van der Waals surface area (Å²) in [6.07, 6.45) is -0.303. The molecule has 76 valence electrons. The molecule has 7 heteroatoms. The highest BCUT2D eigenvalue weighted by Gasteiger charge is 2.15. The summed E-state index contributed by atoms with van der Waals surface area (Å²) < 4.78 is 4.83. The fourth-order valence-corrected chi connectivity index (χ4v) is 1.16.